The van der Waals surface area contributed by atoms with E-state index >= 15 is 0 Å². The van der Waals surface area contributed by atoms with Gasteiger partial charge in [0.15, 0.2) is 11.5 Å². The van der Waals surface area contributed by atoms with E-state index in [1.165, 1.54) is 14.2 Å². The van der Waals surface area contributed by atoms with Crippen LogP contribution in [0.3, 0.4) is 0 Å². The number of ether oxygens (including phenoxy) is 3. The Morgan fingerprint density at radius 3 is 2.66 bits per heavy atom. The van der Waals surface area contributed by atoms with Gasteiger partial charge >= 0.3 is 5.97 Å². The molecule has 3 aromatic carbocycles. The first-order chi connectivity index (χ1) is 17.0. The first-order valence-corrected chi connectivity index (χ1v) is 12.2. The van der Waals surface area contributed by atoms with Crippen molar-refractivity contribution in [3.05, 3.63) is 82.4 Å². The van der Waals surface area contributed by atoms with Gasteiger partial charge in [0.05, 0.1) is 37.1 Å². The molecular formula is C27H23BrN2O5. The second-order valence-electron chi connectivity index (χ2n) is 8.33. The third-order valence-electron chi connectivity index (χ3n) is 6.15. The lowest BCUT2D eigenvalue weighted by Gasteiger charge is -2.22. The van der Waals surface area contributed by atoms with E-state index in [0.29, 0.717) is 33.6 Å². The Morgan fingerprint density at radius 1 is 1.09 bits per heavy atom. The summed E-state index contributed by atoms with van der Waals surface area (Å²) in [6.45, 7) is 0.194. The van der Waals surface area contributed by atoms with Crippen molar-refractivity contribution >= 4 is 45.4 Å². The Morgan fingerprint density at radius 2 is 1.89 bits per heavy atom. The van der Waals surface area contributed by atoms with E-state index in [1.807, 2.05) is 36.5 Å². The standard InChI is InChI=1S/C27H23BrN2O5/c1-33-24-11-21-22(29-14-20-10-18-5-3-4-6-23(18)30(20)26(21)31)12-25(24)35-15-17-7-16(13-28)8-19(9-17)27(32)34-2/h3-9,11-12,14,20H,10,13,15H2,1-2H3. The van der Waals surface area contributed by atoms with Crippen molar-refractivity contribution in [2.75, 3.05) is 19.1 Å². The molecule has 1 amide bonds. The van der Waals surface area contributed by atoms with Crippen LogP contribution in [0.5, 0.6) is 11.5 Å². The molecule has 3 aromatic rings. The molecule has 35 heavy (non-hydrogen) atoms. The number of carbonyl (C=O) groups is 2. The molecule has 0 saturated carbocycles. The van der Waals surface area contributed by atoms with E-state index < -0.39 is 5.97 Å². The minimum Gasteiger partial charge on any atom is -0.493 e. The molecule has 1 unspecified atom stereocenters. The summed E-state index contributed by atoms with van der Waals surface area (Å²) in [6.07, 6.45) is 2.55. The lowest BCUT2D eigenvalue weighted by Crippen LogP contribution is -2.37. The number of amides is 1. The van der Waals surface area contributed by atoms with Gasteiger partial charge in [-0.05, 0) is 41.0 Å². The predicted octanol–water partition coefficient (Wildman–Crippen LogP) is 5.24. The van der Waals surface area contributed by atoms with Crippen LogP contribution in [0.1, 0.15) is 37.4 Å². The highest BCUT2D eigenvalue weighted by atomic mass is 79.9. The minimum atomic E-state index is -0.411. The molecule has 0 fully saturated rings. The van der Waals surface area contributed by atoms with Crippen molar-refractivity contribution in [2.45, 2.75) is 24.4 Å². The Labute approximate surface area is 211 Å². The smallest absolute Gasteiger partial charge is 0.337 e. The summed E-state index contributed by atoms with van der Waals surface area (Å²) in [7, 11) is 2.89. The monoisotopic (exact) mass is 534 g/mol. The highest BCUT2D eigenvalue weighted by Gasteiger charge is 2.36. The zero-order valence-electron chi connectivity index (χ0n) is 19.3. The van der Waals surface area contributed by atoms with E-state index in [4.69, 9.17) is 14.2 Å². The molecule has 1 atom stereocenters. The summed E-state index contributed by atoms with van der Waals surface area (Å²) >= 11 is 3.44. The van der Waals surface area contributed by atoms with Gasteiger partial charge in [-0.15, -0.1) is 0 Å². The number of para-hydroxylation sites is 1. The summed E-state index contributed by atoms with van der Waals surface area (Å²) in [5.74, 6) is 0.363. The van der Waals surface area contributed by atoms with Gasteiger partial charge in [-0.1, -0.05) is 40.2 Å². The normalized spacial score (nSPS) is 15.7. The number of nitrogens with zero attached hydrogens (tertiary/aromatic N) is 2. The number of rotatable bonds is 6. The number of anilines is 1. The number of alkyl halides is 1. The van der Waals surface area contributed by atoms with Crippen LogP contribution in [0.25, 0.3) is 0 Å². The Bertz CT molecular complexity index is 1350. The maximum atomic E-state index is 13.5. The summed E-state index contributed by atoms with van der Waals surface area (Å²) in [5, 5.41) is 0.588. The Hall–Kier alpha value is -3.65. The van der Waals surface area contributed by atoms with Gasteiger partial charge in [0, 0.05) is 29.7 Å². The molecule has 0 saturated heterocycles. The average molecular weight is 535 g/mol. The first kappa shape index (κ1) is 23.1. The van der Waals surface area contributed by atoms with Gasteiger partial charge < -0.3 is 14.2 Å². The molecule has 7 nitrogen and oxygen atoms in total. The fourth-order valence-electron chi connectivity index (χ4n) is 4.51. The van der Waals surface area contributed by atoms with E-state index in [-0.39, 0.29) is 18.6 Å². The third kappa shape index (κ3) is 4.30. The number of esters is 1. The third-order valence-corrected chi connectivity index (χ3v) is 6.80. The quantitative estimate of drug-likeness (QED) is 0.319. The molecule has 2 aliphatic heterocycles. The molecule has 2 aliphatic rings. The van der Waals surface area contributed by atoms with Crippen LogP contribution in [0, 0.1) is 0 Å². The van der Waals surface area contributed by atoms with Crippen molar-refractivity contribution in [1.29, 1.82) is 0 Å². The molecule has 0 N–H and O–H groups in total. The van der Waals surface area contributed by atoms with Crippen LogP contribution in [-0.2, 0) is 23.1 Å². The molecule has 0 bridgehead atoms. The topological polar surface area (TPSA) is 77.4 Å². The number of benzene rings is 3. The molecule has 0 aliphatic carbocycles. The lowest BCUT2D eigenvalue weighted by molar-refractivity contribution is 0.0600. The summed E-state index contributed by atoms with van der Waals surface area (Å²) < 4.78 is 16.5. The number of hydrogen-bond donors (Lipinski definition) is 0. The second-order valence-corrected chi connectivity index (χ2v) is 8.89. The SMILES string of the molecule is COC(=O)c1cc(CBr)cc(COc2cc3c(cc2OC)C(=O)N2c4ccccc4CC2C=N3)c1. The number of methoxy groups -OCH3 is 2. The van der Waals surface area contributed by atoms with Gasteiger partial charge in [0.1, 0.15) is 6.61 Å². The summed E-state index contributed by atoms with van der Waals surface area (Å²) in [4.78, 5) is 32.0. The number of aliphatic imine (C=N–C) groups is 1. The van der Waals surface area contributed by atoms with Gasteiger partial charge in [-0.2, -0.15) is 0 Å². The maximum absolute atomic E-state index is 13.5. The van der Waals surface area contributed by atoms with E-state index in [1.54, 1.807) is 29.2 Å². The molecule has 0 radical (unpaired) electrons. The first-order valence-electron chi connectivity index (χ1n) is 11.1. The average Bonchev–Trinajstić information content (AvgIpc) is 3.21. The Kier molecular flexibility index (Phi) is 6.30. The van der Waals surface area contributed by atoms with Gasteiger partial charge in [-0.3, -0.25) is 14.7 Å². The molecule has 0 spiro atoms. The molecule has 5 rings (SSSR count). The molecular weight excluding hydrogens is 512 g/mol. The molecule has 0 aromatic heterocycles. The van der Waals surface area contributed by atoms with Crippen LogP contribution in [-0.4, -0.2) is 38.4 Å². The van der Waals surface area contributed by atoms with Crippen molar-refractivity contribution in [3.63, 3.8) is 0 Å². The fraction of sp³-hybridized carbons (Fsp3) is 0.222. The molecule has 8 heteroatoms. The van der Waals surface area contributed by atoms with Crippen LogP contribution < -0.4 is 14.4 Å². The van der Waals surface area contributed by atoms with Crippen LogP contribution >= 0.6 is 15.9 Å². The second kappa shape index (κ2) is 9.54. The molecule has 178 valence electrons. The summed E-state index contributed by atoms with van der Waals surface area (Å²) in [5.41, 5.74) is 5.21. The number of halogens is 1. The van der Waals surface area contributed by atoms with Crippen molar-refractivity contribution in [3.8, 4) is 11.5 Å². The largest absolute Gasteiger partial charge is 0.493 e. The van der Waals surface area contributed by atoms with Crippen LogP contribution in [0.2, 0.25) is 0 Å². The van der Waals surface area contributed by atoms with Gasteiger partial charge in [-0.25, -0.2) is 4.79 Å². The van der Waals surface area contributed by atoms with Crippen molar-refractivity contribution in [1.82, 2.24) is 0 Å². The van der Waals surface area contributed by atoms with Crippen LogP contribution in [0.15, 0.2) is 59.6 Å². The molecule has 2 heterocycles. The fourth-order valence-corrected chi connectivity index (χ4v) is 4.83. The summed E-state index contributed by atoms with van der Waals surface area (Å²) in [6, 6.07) is 16.7. The van der Waals surface area contributed by atoms with E-state index in [0.717, 1.165) is 28.8 Å². The highest BCUT2D eigenvalue weighted by molar-refractivity contribution is 9.08. The zero-order valence-corrected chi connectivity index (χ0v) is 20.9. The van der Waals surface area contributed by atoms with Gasteiger partial charge in [0.25, 0.3) is 5.91 Å². The number of fused-ring (bicyclic) bond motifs is 4. The number of carbonyl (C=O) groups excluding carboxylic acids is 2. The predicted molar refractivity (Wildman–Crippen MR) is 137 cm³/mol. The van der Waals surface area contributed by atoms with Crippen LogP contribution in [0.4, 0.5) is 11.4 Å². The maximum Gasteiger partial charge on any atom is 0.337 e. The highest BCUT2D eigenvalue weighted by Crippen LogP contribution is 2.41. The minimum absolute atomic E-state index is 0.120. The van der Waals surface area contributed by atoms with E-state index in [2.05, 4.69) is 20.9 Å². The van der Waals surface area contributed by atoms with E-state index in [9.17, 15) is 9.59 Å². The van der Waals surface area contributed by atoms with Gasteiger partial charge in [0.2, 0.25) is 0 Å². The number of hydrogen-bond acceptors (Lipinski definition) is 6. The van der Waals surface area contributed by atoms with Crippen molar-refractivity contribution < 1.29 is 23.8 Å². The lowest BCUT2D eigenvalue weighted by atomic mass is 10.1. The van der Waals surface area contributed by atoms with Crippen molar-refractivity contribution in [2.24, 2.45) is 4.99 Å². The zero-order chi connectivity index (χ0) is 24.5. The Balaban J connectivity index is 1.45.